The molecule has 2 aromatic rings. The molecule has 0 unspecified atom stereocenters. The zero-order valence-corrected chi connectivity index (χ0v) is 11.9. The standard InChI is InChI=1S/C14H15BrN2O/c1-2-5-16-8-13-12-7-9-6-10(15)3-4-11(9)14(12)18-17-13/h3-4,6,16H,2,5,7-8H2,1H3. The number of nitrogens with one attached hydrogen (secondary N) is 1. The first kappa shape index (κ1) is 11.9. The molecule has 1 N–H and O–H groups in total. The minimum atomic E-state index is 0.793. The molecule has 0 atom stereocenters. The lowest BCUT2D eigenvalue weighted by atomic mass is 10.1. The largest absolute Gasteiger partial charge is 0.356 e. The molecule has 1 aromatic carbocycles. The molecule has 4 heteroatoms. The Balaban J connectivity index is 1.88. The van der Waals surface area contributed by atoms with Crippen LogP contribution in [0.3, 0.4) is 0 Å². The Hall–Kier alpha value is -1.13. The van der Waals surface area contributed by atoms with Gasteiger partial charge in [0.1, 0.15) is 5.69 Å². The highest BCUT2D eigenvalue weighted by Crippen LogP contribution is 2.39. The third kappa shape index (κ3) is 1.99. The molecule has 0 fully saturated rings. The molecular weight excluding hydrogens is 292 g/mol. The summed E-state index contributed by atoms with van der Waals surface area (Å²) in [7, 11) is 0. The van der Waals surface area contributed by atoms with Crippen molar-refractivity contribution in [3.05, 3.63) is 39.5 Å². The van der Waals surface area contributed by atoms with Gasteiger partial charge in [0.2, 0.25) is 0 Å². The Morgan fingerprint density at radius 2 is 2.33 bits per heavy atom. The van der Waals surface area contributed by atoms with Crippen molar-refractivity contribution in [3.63, 3.8) is 0 Å². The van der Waals surface area contributed by atoms with E-state index in [9.17, 15) is 0 Å². The van der Waals surface area contributed by atoms with E-state index < -0.39 is 0 Å². The van der Waals surface area contributed by atoms with Crippen LogP contribution in [0.5, 0.6) is 0 Å². The molecule has 1 aliphatic rings. The summed E-state index contributed by atoms with van der Waals surface area (Å²) < 4.78 is 6.61. The Morgan fingerprint density at radius 1 is 1.44 bits per heavy atom. The Morgan fingerprint density at radius 3 is 3.17 bits per heavy atom. The molecular formula is C14H15BrN2O. The van der Waals surface area contributed by atoms with Crippen molar-refractivity contribution in [2.75, 3.05) is 6.54 Å². The van der Waals surface area contributed by atoms with Gasteiger partial charge in [-0.25, -0.2) is 0 Å². The fourth-order valence-electron chi connectivity index (χ4n) is 2.38. The molecule has 0 spiro atoms. The van der Waals surface area contributed by atoms with Crippen molar-refractivity contribution in [1.82, 2.24) is 10.5 Å². The zero-order chi connectivity index (χ0) is 12.5. The molecule has 1 aliphatic carbocycles. The fourth-order valence-corrected chi connectivity index (χ4v) is 2.79. The monoisotopic (exact) mass is 306 g/mol. The van der Waals surface area contributed by atoms with Crippen molar-refractivity contribution in [2.45, 2.75) is 26.3 Å². The van der Waals surface area contributed by atoms with Gasteiger partial charge in [0.15, 0.2) is 5.76 Å². The van der Waals surface area contributed by atoms with E-state index in [1.54, 1.807) is 0 Å². The third-order valence-corrected chi connectivity index (χ3v) is 3.76. The van der Waals surface area contributed by atoms with Crippen LogP contribution in [-0.2, 0) is 13.0 Å². The third-order valence-electron chi connectivity index (χ3n) is 3.27. The van der Waals surface area contributed by atoms with Crippen LogP contribution >= 0.6 is 15.9 Å². The molecule has 94 valence electrons. The SMILES string of the molecule is CCCNCc1noc2c1Cc1cc(Br)ccc1-2. The Labute approximate surface area is 115 Å². The number of nitrogens with zero attached hydrogens (tertiary/aromatic N) is 1. The fraction of sp³-hybridized carbons (Fsp3) is 0.357. The van der Waals surface area contributed by atoms with Gasteiger partial charge in [0.05, 0.1) is 0 Å². The van der Waals surface area contributed by atoms with Crippen LogP contribution in [0.15, 0.2) is 27.2 Å². The van der Waals surface area contributed by atoms with E-state index in [2.05, 4.69) is 45.5 Å². The summed E-state index contributed by atoms with van der Waals surface area (Å²) in [4.78, 5) is 0. The predicted octanol–water partition coefficient (Wildman–Crippen LogP) is 3.51. The summed E-state index contributed by atoms with van der Waals surface area (Å²) >= 11 is 3.51. The second kappa shape index (κ2) is 4.86. The average molecular weight is 307 g/mol. The van der Waals surface area contributed by atoms with Crippen LogP contribution in [-0.4, -0.2) is 11.7 Å². The first-order chi connectivity index (χ1) is 8.79. The molecule has 3 rings (SSSR count). The van der Waals surface area contributed by atoms with E-state index in [0.717, 1.165) is 41.9 Å². The second-order valence-electron chi connectivity index (χ2n) is 4.59. The highest BCUT2D eigenvalue weighted by molar-refractivity contribution is 9.10. The van der Waals surface area contributed by atoms with Crippen LogP contribution in [0.4, 0.5) is 0 Å². The molecule has 0 saturated carbocycles. The van der Waals surface area contributed by atoms with Gasteiger partial charge in [-0.2, -0.15) is 0 Å². The normalized spacial score (nSPS) is 12.6. The first-order valence-corrected chi connectivity index (χ1v) is 7.06. The smallest absolute Gasteiger partial charge is 0.170 e. The average Bonchev–Trinajstić information content (AvgIpc) is 2.88. The zero-order valence-electron chi connectivity index (χ0n) is 10.3. The van der Waals surface area contributed by atoms with Crippen LogP contribution in [0.1, 0.15) is 30.2 Å². The maximum atomic E-state index is 5.50. The number of hydrogen-bond donors (Lipinski definition) is 1. The number of fused-ring (bicyclic) bond motifs is 3. The van der Waals surface area contributed by atoms with E-state index >= 15 is 0 Å². The van der Waals surface area contributed by atoms with Crippen molar-refractivity contribution in [1.29, 1.82) is 0 Å². The van der Waals surface area contributed by atoms with Crippen molar-refractivity contribution in [2.24, 2.45) is 0 Å². The summed E-state index contributed by atoms with van der Waals surface area (Å²) in [5, 5.41) is 7.56. The van der Waals surface area contributed by atoms with Crippen molar-refractivity contribution < 1.29 is 4.52 Å². The van der Waals surface area contributed by atoms with Crippen molar-refractivity contribution >= 4 is 15.9 Å². The van der Waals surface area contributed by atoms with Crippen molar-refractivity contribution in [3.8, 4) is 11.3 Å². The minimum Gasteiger partial charge on any atom is -0.356 e. The lowest BCUT2D eigenvalue weighted by Gasteiger charge is -2.01. The van der Waals surface area contributed by atoms with Gasteiger partial charge in [0, 0.05) is 28.6 Å². The van der Waals surface area contributed by atoms with E-state index in [-0.39, 0.29) is 0 Å². The highest BCUT2D eigenvalue weighted by atomic mass is 79.9. The highest BCUT2D eigenvalue weighted by Gasteiger charge is 2.26. The second-order valence-corrected chi connectivity index (χ2v) is 5.51. The molecule has 1 heterocycles. The minimum absolute atomic E-state index is 0.793. The van der Waals surface area contributed by atoms with Gasteiger partial charge in [0.25, 0.3) is 0 Å². The quantitative estimate of drug-likeness (QED) is 0.750. The topological polar surface area (TPSA) is 38.1 Å². The number of halogens is 1. The van der Waals surface area contributed by atoms with E-state index in [4.69, 9.17) is 4.52 Å². The summed E-state index contributed by atoms with van der Waals surface area (Å²) in [6.07, 6.45) is 2.06. The number of rotatable bonds is 4. The van der Waals surface area contributed by atoms with E-state index in [0.29, 0.717) is 0 Å². The van der Waals surface area contributed by atoms with Crippen LogP contribution in [0, 0.1) is 0 Å². The molecule has 18 heavy (non-hydrogen) atoms. The lowest BCUT2D eigenvalue weighted by Crippen LogP contribution is -2.14. The number of benzene rings is 1. The van der Waals surface area contributed by atoms with Crippen LogP contribution < -0.4 is 5.32 Å². The van der Waals surface area contributed by atoms with Gasteiger partial charge in [-0.1, -0.05) is 28.0 Å². The maximum absolute atomic E-state index is 5.50. The van der Waals surface area contributed by atoms with Gasteiger partial charge >= 0.3 is 0 Å². The number of hydrogen-bond acceptors (Lipinski definition) is 3. The Bertz CT molecular complexity index is 577. The van der Waals surface area contributed by atoms with E-state index in [1.807, 2.05) is 6.07 Å². The van der Waals surface area contributed by atoms with Gasteiger partial charge in [-0.05, 0) is 36.7 Å². The van der Waals surface area contributed by atoms with Crippen LogP contribution in [0.25, 0.3) is 11.3 Å². The predicted molar refractivity (Wildman–Crippen MR) is 74.4 cm³/mol. The molecule has 0 radical (unpaired) electrons. The van der Waals surface area contributed by atoms with Crippen LogP contribution in [0.2, 0.25) is 0 Å². The summed E-state index contributed by atoms with van der Waals surface area (Å²) in [6, 6.07) is 6.30. The van der Waals surface area contributed by atoms with Gasteiger partial charge < -0.3 is 9.84 Å². The Kier molecular flexibility index (Phi) is 3.22. The molecule has 0 aliphatic heterocycles. The molecule has 0 amide bonds. The van der Waals surface area contributed by atoms with E-state index in [1.165, 1.54) is 16.7 Å². The first-order valence-electron chi connectivity index (χ1n) is 6.26. The summed E-state index contributed by atoms with van der Waals surface area (Å²) in [5.41, 5.74) is 4.79. The molecule has 0 saturated heterocycles. The summed E-state index contributed by atoms with van der Waals surface area (Å²) in [5.74, 6) is 0.950. The molecule has 0 bridgehead atoms. The number of aromatic nitrogens is 1. The molecule has 3 nitrogen and oxygen atoms in total. The maximum Gasteiger partial charge on any atom is 0.170 e. The van der Waals surface area contributed by atoms with Gasteiger partial charge in [-0.15, -0.1) is 0 Å². The molecule has 1 aromatic heterocycles. The lowest BCUT2D eigenvalue weighted by molar-refractivity contribution is 0.420. The van der Waals surface area contributed by atoms with Gasteiger partial charge in [-0.3, -0.25) is 0 Å². The summed E-state index contributed by atoms with van der Waals surface area (Å²) in [6.45, 7) is 3.97.